The Morgan fingerprint density at radius 2 is 1.85 bits per heavy atom. The van der Waals surface area contributed by atoms with E-state index in [1.807, 2.05) is 6.92 Å². The van der Waals surface area contributed by atoms with Crippen molar-refractivity contribution >= 4 is 0 Å². The SMILES string of the molecule is Cc1ccc(F)cc1C(O)C1(CN)CCC(C)(C)CC1. The molecule has 0 saturated heterocycles. The second kappa shape index (κ2) is 5.45. The van der Waals surface area contributed by atoms with Gasteiger partial charge in [0.1, 0.15) is 5.82 Å². The molecular formula is C17H26FNO. The van der Waals surface area contributed by atoms with Crippen LogP contribution in [0.15, 0.2) is 18.2 Å². The fourth-order valence-electron chi connectivity index (χ4n) is 3.25. The smallest absolute Gasteiger partial charge is 0.123 e. The van der Waals surface area contributed by atoms with Gasteiger partial charge in [0, 0.05) is 12.0 Å². The van der Waals surface area contributed by atoms with Crippen LogP contribution in [0.4, 0.5) is 4.39 Å². The maximum absolute atomic E-state index is 13.5. The van der Waals surface area contributed by atoms with Crippen LogP contribution in [-0.2, 0) is 0 Å². The molecule has 1 aliphatic carbocycles. The van der Waals surface area contributed by atoms with E-state index in [9.17, 15) is 9.50 Å². The highest BCUT2D eigenvalue weighted by Gasteiger charge is 2.43. The Kier molecular flexibility index (Phi) is 4.22. The van der Waals surface area contributed by atoms with Gasteiger partial charge < -0.3 is 10.8 Å². The number of hydrogen-bond acceptors (Lipinski definition) is 2. The lowest BCUT2D eigenvalue weighted by atomic mass is 9.61. The first kappa shape index (κ1) is 15.5. The lowest BCUT2D eigenvalue weighted by molar-refractivity contribution is -0.0240. The Labute approximate surface area is 121 Å². The van der Waals surface area contributed by atoms with Crippen LogP contribution in [0.1, 0.15) is 56.8 Å². The molecule has 0 radical (unpaired) electrons. The quantitative estimate of drug-likeness (QED) is 0.886. The van der Waals surface area contributed by atoms with Gasteiger partial charge in [0.25, 0.3) is 0 Å². The molecule has 0 heterocycles. The zero-order valence-electron chi connectivity index (χ0n) is 12.7. The summed E-state index contributed by atoms with van der Waals surface area (Å²) in [6, 6.07) is 4.62. The summed E-state index contributed by atoms with van der Waals surface area (Å²) in [4.78, 5) is 0. The van der Waals surface area contributed by atoms with Crippen molar-refractivity contribution in [1.82, 2.24) is 0 Å². The third-order valence-corrected chi connectivity index (χ3v) is 5.12. The summed E-state index contributed by atoms with van der Waals surface area (Å²) in [5, 5.41) is 10.8. The fraction of sp³-hybridized carbons (Fsp3) is 0.647. The first-order chi connectivity index (χ1) is 9.30. The fourth-order valence-corrected chi connectivity index (χ4v) is 3.25. The van der Waals surface area contributed by atoms with E-state index in [2.05, 4.69) is 13.8 Å². The van der Waals surface area contributed by atoms with Crippen molar-refractivity contribution in [3.05, 3.63) is 35.1 Å². The van der Waals surface area contributed by atoms with E-state index in [0.717, 1.165) is 31.2 Å². The van der Waals surface area contributed by atoms with Gasteiger partial charge in [-0.3, -0.25) is 0 Å². The van der Waals surface area contributed by atoms with Gasteiger partial charge in [0.05, 0.1) is 6.10 Å². The second-order valence-electron chi connectivity index (χ2n) is 7.13. The zero-order valence-corrected chi connectivity index (χ0v) is 12.7. The highest BCUT2D eigenvalue weighted by Crippen LogP contribution is 2.51. The first-order valence-electron chi connectivity index (χ1n) is 7.44. The predicted molar refractivity (Wildman–Crippen MR) is 79.8 cm³/mol. The van der Waals surface area contributed by atoms with E-state index < -0.39 is 6.10 Å². The van der Waals surface area contributed by atoms with Crippen molar-refractivity contribution in [2.24, 2.45) is 16.6 Å². The van der Waals surface area contributed by atoms with Gasteiger partial charge in [-0.25, -0.2) is 4.39 Å². The van der Waals surface area contributed by atoms with Gasteiger partial charge >= 0.3 is 0 Å². The van der Waals surface area contributed by atoms with Crippen LogP contribution in [0, 0.1) is 23.6 Å². The molecule has 1 aliphatic rings. The number of aliphatic hydroxyl groups excluding tert-OH is 1. The Hall–Kier alpha value is -0.930. The van der Waals surface area contributed by atoms with Gasteiger partial charge in [0.15, 0.2) is 0 Å². The molecule has 2 nitrogen and oxygen atoms in total. The van der Waals surface area contributed by atoms with Crippen LogP contribution in [0.5, 0.6) is 0 Å². The molecule has 1 fully saturated rings. The standard InChI is InChI=1S/C17H26FNO/c1-12-4-5-13(18)10-14(12)15(20)17(11-19)8-6-16(2,3)7-9-17/h4-5,10,15,20H,6-9,11,19H2,1-3H3. The second-order valence-corrected chi connectivity index (χ2v) is 7.13. The number of rotatable bonds is 3. The molecule has 1 aromatic rings. The van der Waals surface area contributed by atoms with E-state index in [1.165, 1.54) is 12.1 Å². The zero-order chi connectivity index (χ0) is 15.0. The molecule has 3 heteroatoms. The summed E-state index contributed by atoms with van der Waals surface area (Å²) in [7, 11) is 0. The molecule has 1 unspecified atom stereocenters. The topological polar surface area (TPSA) is 46.2 Å². The van der Waals surface area contributed by atoms with Crippen LogP contribution >= 0.6 is 0 Å². The molecule has 1 saturated carbocycles. The molecule has 0 spiro atoms. The molecule has 112 valence electrons. The minimum atomic E-state index is -0.681. The van der Waals surface area contributed by atoms with E-state index in [4.69, 9.17) is 5.73 Å². The highest BCUT2D eigenvalue weighted by molar-refractivity contribution is 5.30. The van der Waals surface area contributed by atoms with Crippen molar-refractivity contribution in [2.75, 3.05) is 6.54 Å². The molecule has 0 bridgehead atoms. The molecule has 0 amide bonds. The van der Waals surface area contributed by atoms with Crippen molar-refractivity contribution in [2.45, 2.75) is 52.6 Å². The van der Waals surface area contributed by atoms with Crippen LogP contribution < -0.4 is 5.73 Å². The number of aryl methyl sites for hydroxylation is 1. The highest BCUT2D eigenvalue weighted by atomic mass is 19.1. The van der Waals surface area contributed by atoms with Gasteiger partial charge in [0.2, 0.25) is 0 Å². The lowest BCUT2D eigenvalue weighted by Crippen LogP contribution is -2.42. The lowest BCUT2D eigenvalue weighted by Gasteiger charge is -2.46. The average molecular weight is 279 g/mol. The first-order valence-corrected chi connectivity index (χ1v) is 7.44. The van der Waals surface area contributed by atoms with Crippen molar-refractivity contribution in [3.8, 4) is 0 Å². The monoisotopic (exact) mass is 279 g/mol. The number of benzene rings is 1. The summed E-state index contributed by atoms with van der Waals surface area (Å²) in [5.74, 6) is -0.298. The summed E-state index contributed by atoms with van der Waals surface area (Å²) < 4.78 is 13.5. The van der Waals surface area contributed by atoms with E-state index in [-0.39, 0.29) is 11.2 Å². The minimum absolute atomic E-state index is 0.298. The average Bonchev–Trinajstić information content (AvgIpc) is 2.41. The van der Waals surface area contributed by atoms with Gasteiger partial charge in [-0.15, -0.1) is 0 Å². The molecule has 1 aromatic carbocycles. The maximum Gasteiger partial charge on any atom is 0.123 e. The molecule has 3 N–H and O–H groups in total. The molecule has 20 heavy (non-hydrogen) atoms. The number of nitrogens with two attached hydrogens (primary N) is 1. The Morgan fingerprint density at radius 1 is 1.25 bits per heavy atom. The van der Waals surface area contributed by atoms with E-state index in [1.54, 1.807) is 6.07 Å². The number of aliphatic hydroxyl groups is 1. The molecule has 1 atom stereocenters. The van der Waals surface area contributed by atoms with Crippen molar-refractivity contribution < 1.29 is 9.50 Å². The molecule has 2 rings (SSSR count). The Balaban J connectivity index is 2.30. The van der Waals surface area contributed by atoms with Gasteiger partial charge in [-0.1, -0.05) is 19.9 Å². The summed E-state index contributed by atoms with van der Waals surface area (Å²) in [6.07, 6.45) is 3.21. The van der Waals surface area contributed by atoms with Crippen LogP contribution in [-0.4, -0.2) is 11.7 Å². The van der Waals surface area contributed by atoms with E-state index >= 15 is 0 Å². The normalized spacial score (nSPS) is 22.5. The van der Waals surface area contributed by atoms with Gasteiger partial charge in [-0.2, -0.15) is 0 Å². The number of halogens is 1. The Bertz CT molecular complexity index is 474. The molecule has 0 aromatic heterocycles. The molecule has 0 aliphatic heterocycles. The third kappa shape index (κ3) is 2.89. The largest absolute Gasteiger partial charge is 0.388 e. The molecular weight excluding hydrogens is 253 g/mol. The van der Waals surface area contributed by atoms with Crippen LogP contribution in [0.25, 0.3) is 0 Å². The van der Waals surface area contributed by atoms with Gasteiger partial charge in [-0.05, 0) is 61.3 Å². The number of hydrogen-bond donors (Lipinski definition) is 2. The summed E-state index contributed by atoms with van der Waals surface area (Å²) in [6.45, 7) is 6.87. The Morgan fingerprint density at radius 3 is 2.40 bits per heavy atom. The maximum atomic E-state index is 13.5. The van der Waals surface area contributed by atoms with E-state index in [0.29, 0.717) is 17.5 Å². The third-order valence-electron chi connectivity index (χ3n) is 5.12. The predicted octanol–water partition coefficient (Wildman–Crippen LogP) is 3.71. The van der Waals surface area contributed by atoms with Crippen LogP contribution in [0.2, 0.25) is 0 Å². The summed E-state index contributed by atoms with van der Waals surface area (Å²) >= 11 is 0. The minimum Gasteiger partial charge on any atom is -0.388 e. The van der Waals surface area contributed by atoms with Crippen molar-refractivity contribution in [3.63, 3.8) is 0 Å². The summed E-state index contributed by atoms with van der Waals surface area (Å²) in [5.41, 5.74) is 7.62. The van der Waals surface area contributed by atoms with Crippen molar-refractivity contribution in [1.29, 1.82) is 0 Å². The van der Waals surface area contributed by atoms with Crippen LogP contribution in [0.3, 0.4) is 0 Å².